The molecule has 1 N–H and O–H groups in total. The van der Waals surface area contributed by atoms with Crippen molar-refractivity contribution in [2.75, 3.05) is 6.54 Å². The Morgan fingerprint density at radius 2 is 1.90 bits per heavy atom. The van der Waals surface area contributed by atoms with Crippen molar-refractivity contribution in [2.45, 2.75) is 45.4 Å². The van der Waals surface area contributed by atoms with Crippen LogP contribution in [0.25, 0.3) is 0 Å². The summed E-state index contributed by atoms with van der Waals surface area (Å²) in [5.74, 6) is 1.06. The van der Waals surface area contributed by atoms with E-state index in [0.29, 0.717) is 0 Å². The van der Waals surface area contributed by atoms with Crippen molar-refractivity contribution < 1.29 is 4.42 Å². The molecule has 3 heteroatoms. The smallest absolute Gasteiger partial charge is 0.117 e. The van der Waals surface area contributed by atoms with Crippen LogP contribution in [-0.2, 0) is 19.6 Å². The Morgan fingerprint density at radius 3 is 2.57 bits per heavy atom. The van der Waals surface area contributed by atoms with Crippen molar-refractivity contribution in [2.24, 2.45) is 0 Å². The Kier molecular flexibility index (Phi) is 4.73. The molecule has 1 aromatic heterocycles. The molecule has 0 saturated heterocycles. The van der Waals surface area contributed by atoms with Crippen molar-refractivity contribution in [1.82, 2.24) is 10.2 Å². The van der Waals surface area contributed by atoms with Crippen LogP contribution in [0.5, 0.6) is 0 Å². The largest absolute Gasteiger partial charge is 0.468 e. The Bertz CT molecular complexity index is 546. The van der Waals surface area contributed by atoms with Gasteiger partial charge in [-0.05, 0) is 42.6 Å². The van der Waals surface area contributed by atoms with Crippen LogP contribution in [0, 0.1) is 0 Å². The zero-order valence-electron chi connectivity index (χ0n) is 12.7. The van der Waals surface area contributed by atoms with Crippen molar-refractivity contribution >= 4 is 0 Å². The monoisotopic (exact) mass is 284 g/mol. The standard InChI is InChI=1S/C18H24N2O/c1-2-19-12-15-6-3-4-7-16(15)13-20(17-9-10-17)14-18-8-5-11-21-18/h3-8,11,17,19H,2,9-10,12-14H2,1H3. The molecule has 1 saturated carbocycles. The van der Waals surface area contributed by atoms with Crippen LogP contribution in [0.3, 0.4) is 0 Å². The Hall–Kier alpha value is -1.58. The van der Waals surface area contributed by atoms with Crippen LogP contribution in [-0.4, -0.2) is 17.5 Å². The first-order chi connectivity index (χ1) is 10.4. The average Bonchev–Trinajstić information content (AvgIpc) is 3.23. The maximum atomic E-state index is 5.52. The highest BCUT2D eigenvalue weighted by Crippen LogP contribution is 2.30. The number of benzene rings is 1. The fraction of sp³-hybridized carbons (Fsp3) is 0.444. The van der Waals surface area contributed by atoms with E-state index in [2.05, 4.69) is 47.5 Å². The third-order valence-corrected chi connectivity index (χ3v) is 4.06. The zero-order valence-corrected chi connectivity index (χ0v) is 12.7. The van der Waals surface area contributed by atoms with E-state index in [4.69, 9.17) is 4.42 Å². The van der Waals surface area contributed by atoms with Gasteiger partial charge < -0.3 is 9.73 Å². The molecule has 1 heterocycles. The number of furan rings is 1. The van der Waals surface area contributed by atoms with Gasteiger partial charge in [-0.25, -0.2) is 0 Å². The predicted octanol–water partition coefficient (Wildman–Crippen LogP) is 3.55. The quantitative estimate of drug-likeness (QED) is 0.803. The third-order valence-electron chi connectivity index (χ3n) is 4.06. The lowest BCUT2D eigenvalue weighted by atomic mass is 10.1. The molecule has 0 aliphatic heterocycles. The number of rotatable bonds is 8. The summed E-state index contributed by atoms with van der Waals surface area (Å²) in [5, 5.41) is 3.43. The summed E-state index contributed by atoms with van der Waals surface area (Å²) >= 11 is 0. The van der Waals surface area contributed by atoms with Crippen LogP contribution < -0.4 is 5.32 Å². The summed E-state index contributed by atoms with van der Waals surface area (Å²) in [6.07, 6.45) is 4.39. The Morgan fingerprint density at radius 1 is 1.10 bits per heavy atom. The van der Waals surface area contributed by atoms with Crippen molar-refractivity contribution in [3.63, 3.8) is 0 Å². The van der Waals surface area contributed by atoms with Crippen molar-refractivity contribution in [3.8, 4) is 0 Å². The highest BCUT2D eigenvalue weighted by Gasteiger charge is 2.29. The number of nitrogens with one attached hydrogen (secondary N) is 1. The van der Waals surface area contributed by atoms with Gasteiger partial charge in [0.2, 0.25) is 0 Å². The van der Waals surface area contributed by atoms with E-state index in [9.17, 15) is 0 Å². The normalized spacial score (nSPS) is 14.8. The average molecular weight is 284 g/mol. The lowest BCUT2D eigenvalue weighted by Gasteiger charge is -2.22. The summed E-state index contributed by atoms with van der Waals surface area (Å²) in [4.78, 5) is 2.55. The summed E-state index contributed by atoms with van der Waals surface area (Å²) < 4.78 is 5.52. The Balaban J connectivity index is 1.70. The Labute approximate surface area is 127 Å². The van der Waals surface area contributed by atoms with Crippen LogP contribution >= 0.6 is 0 Å². The van der Waals surface area contributed by atoms with Gasteiger partial charge in [-0.1, -0.05) is 31.2 Å². The fourth-order valence-corrected chi connectivity index (χ4v) is 2.72. The third kappa shape index (κ3) is 3.96. The van der Waals surface area contributed by atoms with Gasteiger partial charge in [-0.15, -0.1) is 0 Å². The molecule has 3 nitrogen and oxygen atoms in total. The van der Waals surface area contributed by atoms with Crippen LogP contribution in [0.15, 0.2) is 47.1 Å². The minimum Gasteiger partial charge on any atom is -0.468 e. The molecule has 0 atom stereocenters. The van der Waals surface area contributed by atoms with Gasteiger partial charge in [-0.3, -0.25) is 4.90 Å². The minimum absolute atomic E-state index is 0.724. The topological polar surface area (TPSA) is 28.4 Å². The molecule has 112 valence electrons. The van der Waals surface area contributed by atoms with E-state index in [1.807, 2.05) is 6.07 Å². The second kappa shape index (κ2) is 6.92. The highest BCUT2D eigenvalue weighted by molar-refractivity contribution is 5.27. The first-order valence-electron chi connectivity index (χ1n) is 7.90. The molecule has 1 aromatic carbocycles. The maximum absolute atomic E-state index is 5.52. The maximum Gasteiger partial charge on any atom is 0.117 e. The van der Waals surface area contributed by atoms with E-state index in [0.717, 1.165) is 38.0 Å². The van der Waals surface area contributed by atoms with Crippen molar-refractivity contribution in [1.29, 1.82) is 0 Å². The van der Waals surface area contributed by atoms with Gasteiger partial charge in [0.05, 0.1) is 12.8 Å². The van der Waals surface area contributed by atoms with Crippen molar-refractivity contribution in [3.05, 3.63) is 59.5 Å². The number of hydrogen-bond acceptors (Lipinski definition) is 3. The molecular weight excluding hydrogens is 260 g/mol. The lowest BCUT2D eigenvalue weighted by molar-refractivity contribution is 0.224. The van der Waals surface area contributed by atoms with E-state index >= 15 is 0 Å². The SMILES string of the molecule is CCNCc1ccccc1CN(Cc1ccco1)C1CC1. The number of nitrogens with zero attached hydrogens (tertiary/aromatic N) is 1. The highest BCUT2D eigenvalue weighted by atomic mass is 16.3. The molecule has 1 fully saturated rings. The van der Waals surface area contributed by atoms with Gasteiger partial charge in [0.1, 0.15) is 5.76 Å². The van der Waals surface area contributed by atoms with Gasteiger partial charge in [-0.2, -0.15) is 0 Å². The zero-order chi connectivity index (χ0) is 14.5. The summed E-state index contributed by atoms with van der Waals surface area (Å²) in [6.45, 7) is 6.02. The second-order valence-electron chi connectivity index (χ2n) is 5.76. The van der Waals surface area contributed by atoms with E-state index in [1.165, 1.54) is 24.0 Å². The molecule has 0 unspecified atom stereocenters. The molecular formula is C18H24N2O. The summed E-state index contributed by atoms with van der Waals surface area (Å²) in [7, 11) is 0. The predicted molar refractivity (Wildman–Crippen MR) is 84.8 cm³/mol. The summed E-state index contributed by atoms with van der Waals surface area (Å²) in [6, 6.07) is 13.5. The number of hydrogen-bond donors (Lipinski definition) is 1. The molecule has 2 aromatic rings. The molecule has 1 aliphatic carbocycles. The van der Waals surface area contributed by atoms with Crippen LogP contribution in [0.4, 0.5) is 0 Å². The molecule has 0 spiro atoms. The van der Waals surface area contributed by atoms with Gasteiger partial charge >= 0.3 is 0 Å². The second-order valence-corrected chi connectivity index (χ2v) is 5.76. The fourth-order valence-electron chi connectivity index (χ4n) is 2.72. The van der Waals surface area contributed by atoms with E-state index in [1.54, 1.807) is 6.26 Å². The molecule has 0 amide bonds. The van der Waals surface area contributed by atoms with E-state index < -0.39 is 0 Å². The van der Waals surface area contributed by atoms with E-state index in [-0.39, 0.29) is 0 Å². The molecule has 21 heavy (non-hydrogen) atoms. The molecule has 3 rings (SSSR count). The van der Waals surface area contributed by atoms with Crippen LogP contribution in [0.1, 0.15) is 36.7 Å². The van der Waals surface area contributed by atoms with Gasteiger partial charge in [0.25, 0.3) is 0 Å². The molecule has 0 radical (unpaired) electrons. The minimum atomic E-state index is 0.724. The first-order valence-corrected chi connectivity index (χ1v) is 7.90. The lowest BCUT2D eigenvalue weighted by Crippen LogP contribution is -2.26. The van der Waals surface area contributed by atoms with Gasteiger partial charge in [0.15, 0.2) is 0 Å². The van der Waals surface area contributed by atoms with Gasteiger partial charge in [0, 0.05) is 19.1 Å². The summed E-state index contributed by atoms with van der Waals surface area (Å²) in [5.41, 5.74) is 2.83. The first kappa shape index (κ1) is 14.4. The van der Waals surface area contributed by atoms with Crippen LogP contribution in [0.2, 0.25) is 0 Å². The molecule has 0 bridgehead atoms. The molecule has 1 aliphatic rings.